The molecule has 0 aliphatic heterocycles. The van der Waals surface area contributed by atoms with E-state index in [1.807, 2.05) is 0 Å². The zero-order chi connectivity index (χ0) is 8.59. The Morgan fingerprint density at radius 3 is 2.45 bits per heavy atom. The molecule has 0 fully saturated rings. The monoisotopic (exact) mass is 175 g/mol. The predicted molar refractivity (Wildman–Crippen MR) is 39.6 cm³/mol. The van der Waals surface area contributed by atoms with Crippen LogP contribution in [0.3, 0.4) is 0 Å². The van der Waals surface area contributed by atoms with Gasteiger partial charge in [-0.25, -0.2) is 0 Å². The normalized spacial score (nSPS) is 10.1. The summed E-state index contributed by atoms with van der Waals surface area (Å²) >= 11 is 5.53. The molecule has 0 saturated heterocycles. The molecular formula is C5H6ClN3O2. The summed E-state index contributed by atoms with van der Waals surface area (Å²) in [7, 11) is 1.62. The van der Waals surface area contributed by atoms with Crippen LogP contribution in [0.1, 0.15) is 5.69 Å². The summed E-state index contributed by atoms with van der Waals surface area (Å²) in [6, 6.07) is 0. The van der Waals surface area contributed by atoms with E-state index < -0.39 is 4.92 Å². The van der Waals surface area contributed by atoms with Crippen LogP contribution in [-0.2, 0) is 7.05 Å². The third-order valence-electron chi connectivity index (χ3n) is 1.47. The van der Waals surface area contributed by atoms with Crippen molar-refractivity contribution in [3.05, 3.63) is 21.1 Å². The first kappa shape index (κ1) is 8.00. The lowest BCUT2D eigenvalue weighted by atomic mass is 10.5. The van der Waals surface area contributed by atoms with Crippen LogP contribution < -0.4 is 0 Å². The van der Waals surface area contributed by atoms with Gasteiger partial charge in [0.15, 0.2) is 0 Å². The van der Waals surface area contributed by atoms with Crippen molar-refractivity contribution in [1.82, 2.24) is 9.55 Å². The van der Waals surface area contributed by atoms with E-state index in [1.54, 1.807) is 14.0 Å². The second-order valence-electron chi connectivity index (χ2n) is 2.11. The number of aromatic nitrogens is 2. The zero-order valence-corrected chi connectivity index (χ0v) is 6.79. The number of imidazole rings is 1. The molecule has 0 aromatic carbocycles. The van der Waals surface area contributed by atoms with E-state index in [4.69, 9.17) is 11.6 Å². The first-order chi connectivity index (χ1) is 5.04. The summed E-state index contributed by atoms with van der Waals surface area (Å²) in [5.74, 6) is -0.183. The molecule has 0 N–H and O–H groups in total. The van der Waals surface area contributed by atoms with Crippen LogP contribution in [-0.4, -0.2) is 14.5 Å². The third kappa shape index (κ3) is 1.19. The maximum Gasteiger partial charge on any atom is 0.386 e. The van der Waals surface area contributed by atoms with Crippen LogP contribution in [0.25, 0.3) is 0 Å². The zero-order valence-electron chi connectivity index (χ0n) is 6.04. The van der Waals surface area contributed by atoms with Gasteiger partial charge >= 0.3 is 11.1 Å². The summed E-state index contributed by atoms with van der Waals surface area (Å²) in [5, 5.41) is 10.4. The number of hydrogen-bond donors (Lipinski definition) is 0. The van der Waals surface area contributed by atoms with Crippen molar-refractivity contribution in [2.45, 2.75) is 6.92 Å². The Morgan fingerprint density at radius 2 is 2.27 bits per heavy atom. The van der Waals surface area contributed by atoms with Crippen LogP contribution >= 0.6 is 11.6 Å². The minimum atomic E-state index is -0.554. The Morgan fingerprint density at radius 1 is 1.73 bits per heavy atom. The van der Waals surface area contributed by atoms with Gasteiger partial charge in [-0.05, 0) is 28.4 Å². The van der Waals surface area contributed by atoms with E-state index in [0.29, 0.717) is 5.69 Å². The molecule has 0 unspecified atom stereocenters. The van der Waals surface area contributed by atoms with Gasteiger partial charge in [-0.3, -0.25) is 4.57 Å². The summed E-state index contributed by atoms with van der Waals surface area (Å²) in [6.07, 6.45) is 0. The number of nitrogens with zero attached hydrogens (tertiary/aromatic N) is 3. The molecule has 1 heterocycles. The van der Waals surface area contributed by atoms with Crippen molar-refractivity contribution >= 4 is 17.4 Å². The van der Waals surface area contributed by atoms with Crippen LogP contribution in [0.2, 0.25) is 5.28 Å². The number of halogens is 1. The molecule has 1 aromatic heterocycles. The molecule has 0 bridgehead atoms. The van der Waals surface area contributed by atoms with Crippen molar-refractivity contribution in [1.29, 1.82) is 0 Å². The Hall–Kier alpha value is -1.10. The SMILES string of the molecule is Cc1c([N+](=O)[O-])nc(Cl)n1C. The van der Waals surface area contributed by atoms with Crippen LogP contribution in [0.5, 0.6) is 0 Å². The van der Waals surface area contributed by atoms with Gasteiger partial charge in [0.2, 0.25) is 0 Å². The van der Waals surface area contributed by atoms with Crippen LogP contribution in [0, 0.1) is 17.0 Å². The molecule has 0 saturated carbocycles. The molecule has 0 aliphatic rings. The Bertz CT molecular complexity index is 307. The molecule has 1 rings (SSSR count). The highest BCUT2D eigenvalue weighted by atomic mass is 35.5. The first-order valence-corrected chi connectivity index (χ1v) is 3.25. The first-order valence-electron chi connectivity index (χ1n) is 2.87. The van der Waals surface area contributed by atoms with Gasteiger partial charge in [0.25, 0.3) is 0 Å². The molecule has 0 aliphatic carbocycles. The molecule has 6 heteroatoms. The van der Waals surface area contributed by atoms with E-state index in [2.05, 4.69) is 4.98 Å². The molecule has 1 aromatic rings. The van der Waals surface area contributed by atoms with Gasteiger partial charge in [0.05, 0.1) is 0 Å². The summed E-state index contributed by atoms with van der Waals surface area (Å²) < 4.78 is 1.46. The van der Waals surface area contributed by atoms with Crippen molar-refractivity contribution < 1.29 is 4.92 Å². The van der Waals surface area contributed by atoms with E-state index >= 15 is 0 Å². The minimum Gasteiger partial charge on any atom is -0.358 e. The molecule has 0 atom stereocenters. The molecule has 0 amide bonds. The second kappa shape index (κ2) is 2.50. The van der Waals surface area contributed by atoms with Crippen molar-refractivity contribution in [3.8, 4) is 0 Å². The number of rotatable bonds is 1. The minimum absolute atomic E-state index is 0.134. The molecule has 0 radical (unpaired) electrons. The molecule has 60 valence electrons. The fourth-order valence-electron chi connectivity index (χ4n) is 0.705. The van der Waals surface area contributed by atoms with Gasteiger partial charge in [-0.1, -0.05) is 0 Å². The molecule has 0 spiro atoms. The Labute approximate surface area is 67.8 Å². The summed E-state index contributed by atoms with van der Waals surface area (Å²) in [6.45, 7) is 1.59. The topological polar surface area (TPSA) is 61.0 Å². The summed E-state index contributed by atoms with van der Waals surface area (Å²) in [5.41, 5.74) is 0.458. The molecule has 5 nitrogen and oxygen atoms in total. The lowest BCUT2D eigenvalue weighted by molar-refractivity contribution is -0.389. The number of hydrogen-bond acceptors (Lipinski definition) is 3. The highest BCUT2D eigenvalue weighted by Crippen LogP contribution is 2.19. The Balaban J connectivity index is 3.29. The highest BCUT2D eigenvalue weighted by molar-refractivity contribution is 6.28. The fraction of sp³-hybridized carbons (Fsp3) is 0.400. The third-order valence-corrected chi connectivity index (χ3v) is 1.81. The van der Waals surface area contributed by atoms with E-state index in [1.165, 1.54) is 4.57 Å². The van der Waals surface area contributed by atoms with Gasteiger partial charge in [-0.2, -0.15) is 0 Å². The van der Waals surface area contributed by atoms with Crippen molar-refractivity contribution in [3.63, 3.8) is 0 Å². The second-order valence-corrected chi connectivity index (χ2v) is 2.44. The largest absolute Gasteiger partial charge is 0.386 e. The summed E-state index contributed by atoms with van der Waals surface area (Å²) in [4.78, 5) is 13.2. The van der Waals surface area contributed by atoms with E-state index in [0.717, 1.165) is 0 Å². The molecule has 11 heavy (non-hydrogen) atoms. The highest BCUT2D eigenvalue weighted by Gasteiger charge is 2.20. The van der Waals surface area contributed by atoms with Crippen LogP contribution in [0.4, 0.5) is 5.82 Å². The predicted octanol–water partition coefficient (Wildman–Crippen LogP) is 1.29. The lowest BCUT2D eigenvalue weighted by Crippen LogP contribution is -1.93. The van der Waals surface area contributed by atoms with Gasteiger partial charge in [0.1, 0.15) is 5.69 Å². The number of nitro groups is 1. The van der Waals surface area contributed by atoms with Crippen molar-refractivity contribution in [2.24, 2.45) is 7.05 Å². The van der Waals surface area contributed by atoms with Gasteiger partial charge < -0.3 is 10.1 Å². The van der Waals surface area contributed by atoms with Crippen molar-refractivity contribution in [2.75, 3.05) is 0 Å². The van der Waals surface area contributed by atoms with Gasteiger partial charge in [0, 0.05) is 7.05 Å². The maximum absolute atomic E-state index is 10.3. The van der Waals surface area contributed by atoms with Crippen LogP contribution in [0.15, 0.2) is 0 Å². The van der Waals surface area contributed by atoms with E-state index in [-0.39, 0.29) is 11.1 Å². The Kier molecular flexibility index (Phi) is 1.82. The average Bonchev–Trinajstić information content (AvgIpc) is 2.17. The molecular weight excluding hydrogens is 170 g/mol. The maximum atomic E-state index is 10.3. The lowest BCUT2D eigenvalue weighted by Gasteiger charge is -1.91. The fourth-order valence-corrected chi connectivity index (χ4v) is 0.911. The van der Waals surface area contributed by atoms with E-state index in [9.17, 15) is 10.1 Å². The average molecular weight is 176 g/mol. The standard InChI is InChI=1S/C5H6ClN3O2/c1-3-4(9(10)11)7-5(6)8(3)2/h1-2H3. The smallest absolute Gasteiger partial charge is 0.358 e. The van der Waals surface area contributed by atoms with Gasteiger partial charge in [-0.15, -0.1) is 0 Å². The quantitative estimate of drug-likeness (QED) is 0.477.